The topological polar surface area (TPSA) is 57.6 Å². The van der Waals surface area contributed by atoms with Crippen LogP contribution in [-0.2, 0) is 9.59 Å². The van der Waals surface area contributed by atoms with E-state index in [9.17, 15) is 9.59 Å². The van der Waals surface area contributed by atoms with Gasteiger partial charge in [0, 0.05) is 13.0 Å². The van der Waals surface area contributed by atoms with Gasteiger partial charge >= 0.3 is 5.97 Å². The van der Waals surface area contributed by atoms with Crippen LogP contribution in [0, 0.1) is 5.92 Å². The third kappa shape index (κ3) is 3.12. The first kappa shape index (κ1) is 12.4. The highest BCUT2D eigenvalue weighted by molar-refractivity contribution is 7.99. The van der Waals surface area contributed by atoms with Crippen LogP contribution < -0.4 is 0 Å². The van der Waals surface area contributed by atoms with E-state index in [4.69, 9.17) is 5.11 Å². The van der Waals surface area contributed by atoms with Crippen LogP contribution >= 0.6 is 11.8 Å². The summed E-state index contributed by atoms with van der Waals surface area (Å²) >= 11 is 1.86. The summed E-state index contributed by atoms with van der Waals surface area (Å²) in [5.74, 6) is 1.07. The molecule has 1 aliphatic rings. The first-order valence-electron chi connectivity index (χ1n) is 5.11. The lowest BCUT2D eigenvalue weighted by molar-refractivity contribution is -0.150. The number of carboxylic acids is 1. The summed E-state index contributed by atoms with van der Waals surface area (Å²) in [7, 11) is 1.57. The van der Waals surface area contributed by atoms with Crippen LogP contribution in [0.1, 0.15) is 19.8 Å². The van der Waals surface area contributed by atoms with Gasteiger partial charge in [-0.05, 0) is 31.3 Å². The molecule has 0 aliphatic carbocycles. The minimum absolute atomic E-state index is 0.0230. The zero-order valence-corrected chi connectivity index (χ0v) is 9.92. The number of hydrogen-bond acceptors (Lipinski definition) is 3. The number of rotatable bonds is 3. The number of nitrogens with zero attached hydrogens (tertiary/aromatic N) is 1. The molecule has 4 nitrogen and oxygen atoms in total. The summed E-state index contributed by atoms with van der Waals surface area (Å²) in [5, 5.41) is 8.80. The van der Waals surface area contributed by atoms with Crippen molar-refractivity contribution in [3.8, 4) is 0 Å². The van der Waals surface area contributed by atoms with Crippen molar-refractivity contribution in [2.75, 3.05) is 18.6 Å². The minimum atomic E-state index is -0.948. The van der Waals surface area contributed by atoms with E-state index in [1.54, 1.807) is 7.05 Å². The van der Waals surface area contributed by atoms with Crippen LogP contribution in [0.3, 0.4) is 0 Å². The van der Waals surface area contributed by atoms with Crippen molar-refractivity contribution in [2.24, 2.45) is 5.92 Å². The maximum absolute atomic E-state index is 11.9. The molecule has 1 heterocycles. The highest BCUT2D eigenvalue weighted by Gasteiger charge is 2.28. The Hall–Kier alpha value is -0.710. The Morgan fingerprint density at radius 2 is 1.93 bits per heavy atom. The molecule has 0 radical (unpaired) electrons. The van der Waals surface area contributed by atoms with Gasteiger partial charge in [-0.15, -0.1) is 0 Å². The molecule has 1 saturated heterocycles. The van der Waals surface area contributed by atoms with Crippen LogP contribution in [0.15, 0.2) is 0 Å². The van der Waals surface area contributed by atoms with E-state index in [1.165, 1.54) is 11.8 Å². The average Bonchev–Trinajstić information content (AvgIpc) is 2.27. The van der Waals surface area contributed by atoms with Crippen molar-refractivity contribution in [1.29, 1.82) is 0 Å². The number of likely N-dealkylation sites (N-methyl/N-ethyl adjacent to an activating group) is 1. The number of aliphatic carboxylic acids is 1. The molecule has 1 fully saturated rings. The highest BCUT2D eigenvalue weighted by Crippen LogP contribution is 2.24. The monoisotopic (exact) mass is 231 g/mol. The summed E-state index contributed by atoms with van der Waals surface area (Å²) in [5.41, 5.74) is 0. The molecule has 0 bridgehead atoms. The minimum Gasteiger partial charge on any atom is -0.480 e. The van der Waals surface area contributed by atoms with E-state index in [-0.39, 0.29) is 11.8 Å². The van der Waals surface area contributed by atoms with Gasteiger partial charge in [0.1, 0.15) is 6.04 Å². The molecule has 1 amide bonds. The van der Waals surface area contributed by atoms with Crippen LogP contribution in [0.25, 0.3) is 0 Å². The number of carbonyl (C=O) groups excluding carboxylic acids is 1. The predicted molar refractivity (Wildman–Crippen MR) is 59.9 cm³/mol. The molecular formula is C10H17NO3S. The van der Waals surface area contributed by atoms with E-state index in [1.807, 2.05) is 11.8 Å². The lowest BCUT2D eigenvalue weighted by Crippen LogP contribution is -2.44. The Morgan fingerprint density at radius 1 is 1.40 bits per heavy atom. The van der Waals surface area contributed by atoms with Crippen LogP contribution in [0.4, 0.5) is 0 Å². The smallest absolute Gasteiger partial charge is 0.326 e. The largest absolute Gasteiger partial charge is 0.480 e. The second kappa shape index (κ2) is 5.39. The summed E-state index contributed by atoms with van der Waals surface area (Å²) in [6.45, 7) is 1.54. The van der Waals surface area contributed by atoms with Crippen molar-refractivity contribution in [3.05, 3.63) is 0 Å². The first-order chi connectivity index (χ1) is 7.04. The summed E-state index contributed by atoms with van der Waals surface area (Å²) in [6, 6.07) is -0.730. The molecular weight excluding hydrogens is 214 g/mol. The molecule has 0 spiro atoms. The second-order valence-corrected chi connectivity index (χ2v) is 5.07. The SMILES string of the molecule is CC(C(=O)O)N(C)C(=O)C1CCSCC1. The molecule has 0 saturated carbocycles. The maximum Gasteiger partial charge on any atom is 0.326 e. The lowest BCUT2D eigenvalue weighted by Gasteiger charge is -2.28. The van der Waals surface area contributed by atoms with Crippen molar-refractivity contribution >= 4 is 23.6 Å². The van der Waals surface area contributed by atoms with E-state index < -0.39 is 12.0 Å². The molecule has 5 heteroatoms. The fraction of sp³-hybridized carbons (Fsp3) is 0.800. The van der Waals surface area contributed by atoms with Gasteiger partial charge in [0.05, 0.1) is 0 Å². The predicted octanol–water partition coefficient (Wildman–Crippen LogP) is 1.06. The third-order valence-electron chi connectivity index (χ3n) is 2.86. The second-order valence-electron chi connectivity index (χ2n) is 3.85. The lowest BCUT2D eigenvalue weighted by atomic mass is 10.0. The van der Waals surface area contributed by atoms with Gasteiger partial charge in [0.2, 0.25) is 5.91 Å². The van der Waals surface area contributed by atoms with Crippen LogP contribution in [-0.4, -0.2) is 46.5 Å². The summed E-state index contributed by atoms with van der Waals surface area (Å²) < 4.78 is 0. The number of carboxylic acid groups (broad SMARTS) is 1. The van der Waals surface area contributed by atoms with Crippen molar-refractivity contribution < 1.29 is 14.7 Å². The van der Waals surface area contributed by atoms with Crippen molar-refractivity contribution in [3.63, 3.8) is 0 Å². The first-order valence-corrected chi connectivity index (χ1v) is 6.26. The Morgan fingerprint density at radius 3 is 2.40 bits per heavy atom. The molecule has 0 aromatic carbocycles. The van der Waals surface area contributed by atoms with Gasteiger partial charge in [-0.3, -0.25) is 4.79 Å². The van der Waals surface area contributed by atoms with E-state index in [0.717, 1.165) is 24.3 Å². The molecule has 1 aliphatic heterocycles. The molecule has 86 valence electrons. The zero-order chi connectivity index (χ0) is 11.4. The van der Waals surface area contributed by atoms with Gasteiger partial charge in [-0.2, -0.15) is 11.8 Å². The van der Waals surface area contributed by atoms with Gasteiger partial charge in [0.25, 0.3) is 0 Å². The molecule has 1 N–H and O–H groups in total. The number of thioether (sulfide) groups is 1. The summed E-state index contributed by atoms with van der Waals surface area (Å²) in [4.78, 5) is 24.0. The fourth-order valence-electron chi connectivity index (χ4n) is 1.59. The van der Waals surface area contributed by atoms with E-state index >= 15 is 0 Å². The van der Waals surface area contributed by atoms with Crippen LogP contribution in [0.2, 0.25) is 0 Å². The van der Waals surface area contributed by atoms with Gasteiger partial charge in [-0.25, -0.2) is 4.79 Å². The highest BCUT2D eigenvalue weighted by atomic mass is 32.2. The van der Waals surface area contributed by atoms with Gasteiger partial charge < -0.3 is 10.0 Å². The zero-order valence-electron chi connectivity index (χ0n) is 9.10. The molecule has 1 rings (SSSR count). The van der Waals surface area contributed by atoms with Crippen LogP contribution in [0.5, 0.6) is 0 Å². The molecule has 1 atom stereocenters. The normalized spacial score (nSPS) is 19.6. The van der Waals surface area contributed by atoms with Gasteiger partial charge in [0.15, 0.2) is 0 Å². The number of hydrogen-bond donors (Lipinski definition) is 1. The standard InChI is InChI=1S/C10H17NO3S/c1-7(10(13)14)11(2)9(12)8-3-5-15-6-4-8/h7-8H,3-6H2,1-2H3,(H,13,14). The Bertz CT molecular complexity index is 251. The number of carbonyl (C=O) groups is 2. The fourth-order valence-corrected chi connectivity index (χ4v) is 2.70. The van der Waals surface area contributed by atoms with Gasteiger partial charge in [-0.1, -0.05) is 0 Å². The molecule has 15 heavy (non-hydrogen) atoms. The van der Waals surface area contributed by atoms with Crippen molar-refractivity contribution in [2.45, 2.75) is 25.8 Å². The third-order valence-corrected chi connectivity index (χ3v) is 3.91. The summed E-state index contributed by atoms with van der Waals surface area (Å²) in [6.07, 6.45) is 1.75. The molecule has 0 aromatic heterocycles. The molecule has 0 aromatic rings. The number of amides is 1. The quantitative estimate of drug-likeness (QED) is 0.789. The van der Waals surface area contributed by atoms with E-state index in [2.05, 4.69) is 0 Å². The average molecular weight is 231 g/mol. The molecule has 1 unspecified atom stereocenters. The van der Waals surface area contributed by atoms with E-state index in [0.29, 0.717) is 0 Å². The Labute approximate surface area is 94.0 Å². The Kier molecular flexibility index (Phi) is 4.45. The Balaban J connectivity index is 2.54. The van der Waals surface area contributed by atoms with Crippen molar-refractivity contribution in [1.82, 2.24) is 4.90 Å². The maximum atomic E-state index is 11.9.